The molecule has 0 unspecified atom stereocenters. The van der Waals surface area contributed by atoms with Gasteiger partial charge in [0.2, 0.25) is 11.5 Å². The molecule has 3 heterocycles. The van der Waals surface area contributed by atoms with Crippen LogP contribution in [-0.2, 0) is 4.79 Å². The zero-order chi connectivity index (χ0) is 20.4. The van der Waals surface area contributed by atoms with Crippen molar-refractivity contribution in [3.8, 4) is 17.3 Å². The first-order valence-corrected chi connectivity index (χ1v) is 10.5. The van der Waals surface area contributed by atoms with Crippen LogP contribution in [0, 0.1) is 18.3 Å². The topological polar surface area (TPSA) is 114 Å². The lowest BCUT2D eigenvalue weighted by Crippen LogP contribution is -2.15. The lowest BCUT2D eigenvalue weighted by Gasteiger charge is -2.05. The van der Waals surface area contributed by atoms with E-state index in [9.17, 15) is 14.9 Å². The Morgan fingerprint density at radius 3 is 3.03 bits per heavy atom. The number of carbonyl (C=O) groups is 1. The van der Waals surface area contributed by atoms with E-state index >= 15 is 0 Å². The largest absolute Gasteiger partial charge is 0.360 e. The molecule has 0 aliphatic carbocycles. The molecule has 0 saturated heterocycles. The molecule has 7 nitrogen and oxygen atoms in total. The van der Waals surface area contributed by atoms with Gasteiger partial charge in [0, 0.05) is 34.1 Å². The quantitative estimate of drug-likeness (QED) is 0.423. The summed E-state index contributed by atoms with van der Waals surface area (Å²) >= 11 is 2.46. The van der Waals surface area contributed by atoms with Crippen LogP contribution in [0.4, 0.5) is 5.13 Å². The molecule has 0 spiro atoms. The highest BCUT2D eigenvalue weighted by molar-refractivity contribution is 8.00. The Morgan fingerprint density at radius 2 is 2.21 bits per heavy atom. The number of aromatic amines is 2. The van der Waals surface area contributed by atoms with Crippen molar-refractivity contribution in [3.63, 3.8) is 0 Å². The number of amides is 1. The first kappa shape index (κ1) is 19.0. The molecule has 29 heavy (non-hydrogen) atoms. The van der Waals surface area contributed by atoms with E-state index in [2.05, 4.69) is 26.3 Å². The second-order valence-corrected chi connectivity index (χ2v) is 8.10. The third kappa shape index (κ3) is 3.94. The lowest BCUT2D eigenvalue weighted by molar-refractivity contribution is -0.113. The molecule has 0 aliphatic heterocycles. The van der Waals surface area contributed by atoms with Crippen molar-refractivity contribution in [3.05, 3.63) is 63.4 Å². The highest BCUT2D eigenvalue weighted by Crippen LogP contribution is 2.31. The van der Waals surface area contributed by atoms with Crippen LogP contribution in [0.15, 0.2) is 51.7 Å². The summed E-state index contributed by atoms with van der Waals surface area (Å²) in [7, 11) is 0. The highest BCUT2D eigenvalue weighted by atomic mass is 32.2. The van der Waals surface area contributed by atoms with Crippen molar-refractivity contribution in [2.24, 2.45) is 0 Å². The Labute approximate surface area is 173 Å². The average molecular weight is 422 g/mol. The Bertz CT molecular complexity index is 1310. The minimum atomic E-state index is -0.298. The number of benzene rings is 1. The van der Waals surface area contributed by atoms with E-state index in [0.29, 0.717) is 21.3 Å². The molecule has 144 valence electrons. The molecule has 3 aromatic heterocycles. The smallest absolute Gasteiger partial charge is 0.249 e. The SMILES string of the molecule is Cc1cc(=O)[nH]c(SCC(=O)Nc2nc(-c3c[nH]c4ccccc34)cs2)c1C#N. The van der Waals surface area contributed by atoms with E-state index in [0.717, 1.165) is 33.9 Å². The fourth-order valence-electron chi connectivity index (χ4n) is 2.94. The van der Waals surface area contributed by atoms with Crippen molar-refractivity contribution < 1.29 is 4.79 Å². The van der Waals surface area contributed by atoms with Crippen LogP contribution in [0.2, 0.25) is 0 Å². The van der Waals surface area contributed by atoms with Gasteiger partial charge in [-0.2, -0.15) is 5.26 Å². The molecule has 3 N–H and O–H groups in total. The van der Waals surface area contributed by atoms with Gasteiger partial charge in [0.25, 0.3) is 0 Å². The number of anilines is 1. The fourth-order valence-corrected chi connectivity index (χ4v) is 4.54. The number of thioether (sulfide) groups is 1. The molecule has 4 rings (SSSR count). The first-order chi connectivity index (χ1) is 14.0. The molecular weight excluding hydrogens is 406 g/mol. The number of pyridine rings is 1. The van der Waals surface area contributed by atoms with Gasteiger partial charge >= 0.3 is 0 Å². The number of hydrogen-bond acceptors (Lipinski definition) is 6. The van der Waals surface area contributed by atoms with Crippen LogP contribution in [0.5, 0.6) is 0 Å². The van der Waals surface area contributed by atoms with Crippen LogP contribution in [0.3, 0.4) is 0 Å². The maximum absolute atomic E-state index is 12.3. The zero-order valence-electron chi connectivity index (χ0n) is 15.3. The lowest BCUT2D eigenvalue weighted by atomic mass is 10.1. The van der Waals surface area contributed by atoms with Crippen molar-refractivity contribution in [2.75, 3.05) is 11.1 Å². The number of hydrogen-bond donors (Lipinski definition) is 3. The Hall–Kier alpha value is -3.35. The minimum Gasteiger partial charge on any atom is -0.360 e. The maximum Gasteiger partial charge on any atom is 0.249 e. The number of rotatable bonds is 5. The normalized spacial score (nSPS) is 10.8. The third-order valence-corrected chi connectivity index (χ3v) is 6.04. The summed E-state index contributed by atoms with van der Waals surface area (Å²) in [6.07, 6.45) is 1.90. The number of para-hydroxylation sites is 1. The molecule has 0 saturated carbocycles. The number of nitriles is 1. The van der Waals surface area contributed by atoms with E-state index in [1.54, 1.807) is 6.92 Å². The number of nitrogens with zero attached hydrogens (tertiary/aromatic N) is 2. The predicted molar refractivity (Wildman–Crippen MR) is 115 cm³/mol. The van der Waals surface area contributed by atoms with Gasteiger partial charge in [-0.3, -0.25) is 9.59 Å². The number of thiazole rings is 1. The molecule has 1 aromatic carbocycles. The van der Waals surface area contributed by atoms with Crippen molar-refractivity contribution >= 4 is 45.0 Å². The predicted octanol–water partition coefficient (Wildman–Crippen LogP) is 3.89. The highest BCUT2D eigenvalue weighted by Gasteiger charge is 2.14. The van der Waals surface area contributed by atoms with Crippen LogP contribution >= 0.6 is 23.1 Å². The Morgan fingerprint density at radius 1 is 1.38 bits per heavy atom. The second kappa shape index (κ2) is 7.95. The molecular formula is C20H15N5O2S2. The summed E-state index contributed by atoms with van der Waals surface area (Å²) in [5.74, 6) is -0.211. The second-order valence-electron chi connectivity index (χ2n) is 6.26. The molecule has 0 aliphatic rings. The van der Waals surface area contributed by atoms with Crippen LogP contribution in [0.25, 0.3) is 22.2 Å². The maximum atomic E-state index is 12.3. The van der Waals surface area contributed by atoms with Crippen LogP contribution in [-0.4, -0.2) is 26.6 Å². The Balaban J connectivity index is 1.45. The summed E-state index contributed by atoms with van der Waals surface area (Å²) < 4.78 is 0. The third-order valence-electron chi connectivity index (χ3n) is 4.28. The van der Waals surface area contributed by atoms with Gasteiger partial charge in [-0.15, -0.1) is 11.3 Å². The van der Waals surface area contributed by atoms with Crippen molar-refractivity contribution in [1.29, 1.82) is 5.26 Å². The number of aryl methyl sites for hydroxylation is 1. The average Bonchev–Trinajstić information content (AvgIpc) is 3.32. The zero-order valence-corrected chi connectivity index (χ0v) is 16.9. The molecule has 9 heteroatoms. The van der Waals surface area contributed by atoms with Gasteiger partial charge in [0.05, 0.1) is 22.0 Å². The number of nitrogens with one attached hydrogen (secondary N) is 3. The summed E-state index contributed by atoms with van der Waals surface area (Å²) in [4.78, 5) is 34.3. The number of aromatic nitrogens is 3. The van der Waals surface area contributed by atoms with Crippen LogP contribution in [0.1, 0.15) is 11.1 Å². The van der Waals surface area contributed by atoms with Gasteiger partial charge < -0.3 is 15.3 Å². The molecule has 1 amide bonds. The number of fused-ring (bicyclic) bond motifs is 1. The van der Waals surface area contributed by atoms with Crippen LogP contribution < -0.4 is 10.9 Å². The molecule has 0 radical (unpaired) electrons. The van der Waals surface area contributed by atoms with E-state index < -0.39 is 0 Å². The monoisotopic (exact) mass is 421 g/mol. The Kier molecular flexibility index (Phi) is 5.20. The summed E-state index contributed by atoms with van der Waals surface area (Å²) in [6, 6.07) is 11.4. The van der Waals surface area contributed by atoms with E-state index in [-0.39, 0.29) is 17.2 Å². The number of H-pyrrole nitrogens is 2. The van der Waals surface area contributed by atoms with E-state index in [4.69, 9.17) is 0 Å². The summed E-state index contributed by atoms with van der Waals surface area (Å²) in [5, 5.41) is 15.9. The van der Waals surface area contributed by atoms with Gasteiger partial charge in [0.1, 0.15) is 6.07 Å². The fraction of sp³-hybridized carbons (Fsp3) is 0.100. The van der Waals surface area contributed by atoms with Crippen molar-refractivity contribution in [2.45, 2.75) is 11.9 Å². The summed E-state index contributed by atoms with van der Waals surface area (Å²) in [6.45, 7) is 1.69. The molecule has 0 atom stereocenters. The summed E-state index contributed by atoms with van der Waals surface area (Å²) in [5.41, 5.74) is 3.44. The van der Waals surface area contributed by atoms with Gasteiger partial charge in [-0.1, -0.05) is 30.0 Å². The molecule has 0 bridgehead atoms. The van der Waals surface area contributed by atoms with Gasteiger partial charge in [-0.05, 0) is 18.6 Å². The van der Waals surface area contributed by atoms with E-state index in [1.165, 1.54) is 17.4 Å². The molecule has 4 aromatic rings. The van der Waals surface area contributed by atoms with Gasteiger partial charge in [-0.25, -0.2) is 4.98 Å². The minimum absolute atomic E-state index is 0.0517. The van der Waals surface area contributed by atoms with Gasteiger partial charge in [0.15, 0.2) is 5.13 Å². The molecule has 0 fully saturated rings. The number of carbonyl (C=O) groups excluding carboxylic acids is 1. The van der Waals surface area contributed by atoms with Crippen molar-refractivity contribution in [1.82, 2.24) is 15.0 Å². The van der Waals surface area contributed by atoms with E-state index in [1.807, 2.05) is 35.8 Å². The standard InChI is InChI=1S/C20H15N5O2S2/c1-11-6-17(26)24-19(13(11)7-21)28-10-18(27)25-20-23-16(9-29-20)14-8-22-15-5-3-2-4-12(14)15/h2-6,8-9,22H,10H2,1H3,(H,24,26)(H,23,25,27). The first-order valence-electron chi connectivity index (χ1n) is 8.64.